The van der Waals surface area contributed by atoms with Gasteiger partial charge in [0.25, 0.3) is 0 Å². The zero-order valence-corrected chi connectivity index (χ0v) is 15.7. The van der Waals surface area contributed by atoms with Crippen LogP contribution in [0.4, 0.5) is 5.82 Å². The Morgan fingerprint density at radius 3 is 2.90 bits per heavy atom. The molecule has 146 valence electrons. The highest BCUT2D eigenvalue weighted by molar-refractivity contribution is 5.92. The van der Waals surface area contributed by atoms with E-state index in [4.69, 9.17) is 13.6 Å². The van der Waals surface area contributed by atoms with E-state index in [2.05, 4.69) is 20.0 Å². The highest BCUT2D eigenvalue weighted by atomic mass is 16.5. The summed E-state index contributed by atoms with van der Waals surface area (Å²) in [4.78, 5) is 23.1. The molecule has 4 aromatic rings. The van der Waals surface area contributed by atoms with Crippen molar-refractivity contribution in [3.63, 3.8) is 0 Å². The Morgan fingerprint density at radius 2 is 2.07 bits per heavy atom. The summed E-state index contributed by atoms with van der Waals surface area (Å²) in [7, 11) is 0. The van der Waals surface area contributed by atoms with Crippen LogP contribution in [-0.4, -0.2) is 58.1 Å². The number of pyridine rings is 1. The van der Waals surface area contributed by atoms with E-state index in [9.17, 15) is 4.79 Å². The Bertz CT molecular complexity index is 1240. The molecule has 9 nitrogen and oxygen atoms in total. The number of carbonyl (C=O) groups excluding carboxylic acids is 2. The summed E-state index contributed by atoms with van der Waals surface area (Å²) in [6.07, 6.45) is 4.73. The average molecular weight is 392 g/mol. The maximum Gasteiger partial charge on any atom is 0.633 e. The van der Waals surface area contributed by atoms with Crippen molar-refractivity contribution in [1.29, 1.82) is 0 Å². The quantitative estimate of drug-likeness (QED) is 0.390. The third-order valence-electron chi connectivity index (χ3n) is 4.78. The molecule has 0 atom stereocenters. The minimum absolute atomic E-state index is 0.182. The molecule has 0 aliphatic carbocycles. The third-order valence-corrected chi connectivity index (χ3v) is 4.78. The van der Waals surface area contributed by atoms with Gasteiger partial charge in [-0.1, -0.05) is 0 Å². The molecular weight excluding hydrogens is 374 g/mol. The van der Waals surface area contributed by atoms with Gasteiger partial charge in [-0.05, 0) is 24.3 Å². The SMILES string of the molecule is CC=[O+]C(=O)c1ccc2ncc(-c3cc4c(N5CCOCC5)nccc4o3)n2n1. The van der Waals surface area contributed by atoms with Crippen molar-refractivity contribution in [2.75, 3.05) is 31.2 Å². The van der Waals surface area contributed by atoms with E-state index in [0.29, 0.717) is 30.3 Å². The largest absolute Gasteiger partial charge is 0.633 e. The topological polar surface area (TPSA) is 97.1 Å². The van der Waals surface area contributed by atoms with Gasteiger partial charge in [-0.25, -0.2) is 14.5 Å². The molecule has 29 heavy (non-hydrogen) atoms. The van der Waals surface area contributed by atoms with Gasteiger partial charge in [0.05, 0.1) is 29.6 Å². The number of aldehydes is 1. The van der Waals surface area contributed by atoms with Crippen LogP contribution in [0.2, 0.25) is 0 Å². The summed E-state index contributed by atoms with van der Waals surface area (Å²) in [5.41, 5.74) is 2.15. The molecule has 1 aliphatic rings. The Morgan fingerprint density at radius 1 is 1.21 bits per heavy atom. The summed E-state index contributed by atoms with van der Waals surface area (Å²) in [6.45, 7) is 4.54. The maximum atomic E-state index is 12.0. The zero-order valence-electron chi connectivity index (χ0n) is 15.7. The van der Waals surface area contributed by atoms with Gasteiger partial charge in [-0.2, -0.15) is 5.10 Å². The van der Waals surface area contributed by atoms with Crippen molar-refractivity contribution in [3.05, 3.63) is 42.4 Å². The van der Waals surface area contributed by atoms with Gasteiger partial charge in [-0.15, -0.1) is 0 Å². The van der Waals surface area contributed by atoms with Crippen LogP contribution in [0.5, 0.6) is 0 Å². The number of furan rings is 1. The number of carbonyl (C=O) groups is 1. The van der Waals surface area contributed by atoms with E-state index < -0.39 is 5.97 Å². The van der Waals surface area contributed by atoms with Crippen molar-refractivity contribution in [3.8, 4) is 11.5 Å². The Kier molecular flexibility index (Phi) is 4.28. The lowest BCUT2D eigenvalue weighted by Gasteiger charge is -2.28. The van der Waals surface area contributed by atoms with Crippen LogP contribution in [0.3, 0.4) is 0 Å². The number of fused-ring (bicyclic) bond motifs is 2. The molecule has 0 radical (unpaired) electrons. The van der Waals surface area contributed by atoms with Gasteiger partial charge >= 0.3 is 5.97 Å². The summed E-state index contributed by atoms with van der Waals surface area (Å²) < 4.78 is 18.0. The maximum absolute atomic E-state index is 12.0. The number of aromatic nitrogens is 4. The molecule has 0 amide bonds. The molecule has 5 rings (SSSR count). The Balaban J connectivity index is 1.61. The second kappa shape index (κ2) is 7.10. The second-order valence-electron chi connectivity index (χ2n) is 6.53. The third kappa shape index (κ3) is 3.05. The fourth-order valence-corrected chi connectivity index (χ4v) is 3.42. The molecule has 4 aromatic heterocycles. The minimum Gasteiger partial charge on any atom is -0.454 e. The van der Waals surface area contributed by atoms with Crippen LogP contribution in [-0.2, 0) is 9.16 Å². The molecule has 0 N–H and O–H groups in total. The normalized spacial score (nSPS) is 15.0. The first-order chi connectivity index (χ1) is 14.2. The molecule has 5 heterocycles. The van der Waals surface area contributed by atoms with Crippen LogP contribution in [0, 0.1) is 0 Å². The van der Waals surface area contributed by atoms with Crippen LogP contribution in [0.1, 0.15) is 17.4 Å². The molecule has 0 aromatic carbocycles. The summed E-state index contributed by atoms with van der Waals surface area (Å²) in [6, 6.07) is 7.06. The number of hydrogen-bond donors (Lipinski definition) is 0. The highest BCUT2D eigenvalue weighted by Crippen LogP contribution is 2.33. The zero-order chi connectivity index (χ0) is 19.8. The molecule has 0 unspecified atom stereocenters. The lowest BCUT2D eigenvalue weighted by Crippen LogP contribution is -2.36. The van der Waals surface area contributed by atoms with Gasteiger partial charge in [0.15, 0.2) is 17.7 Å². The van der Waals surface area contributed by atoms with Crippen molar-refractivity contribution in [2.24, 2.45) is 0 Å². The monoisotopic (exact) mass is 392 g/mol. The standard InChI is InChI=1S/C20H18N5O4/c1-2-28-20(26)14-3-4-18-22-12-15(25(18)23-14)17-11-13-16(29-17)5-6-21-19(13)24-7-9-27-10-8-24/h2-6,11-12H,7-10H2,1H3/q+1. The molecule has 1 aliphatic heterocycles. The van der Waals surface area contributed by atoms with E-state index in [1.807, 2.05) is 12.1 Å². The van der Waals surface area contributed by atoms with Gasteiger partial charge < -0.3 is 14.1 Å². The van der Waals surface area contributed by atoms with Crippen molar-refractivity contribution < 1.29 is 18.4 Å². The van der Waals surface area contributed by atoms with Gasteiger partial charge in [0.1, 0.15) is 17.1 Å². The van der Waals surface area contributed by atoms with Gasteiger partial charge in [0.2, 0.25) is 5.69 Å². The van der Waals surface area contributed by atoms with Crippen molar-refractivity contribution in [1.82, 2.24) is 19.6 Å². The summed E-state index contributed by atoms with van der Waals surface area (Å²) in [5, 5.41) is 5.28. The number of hydrogen-bond acceptors (Lipinski definition) is 7. The number of nitrogens with zero attached hydrogens (tertiary/aromatic N) is 5. The van der Waals surface area contributed by atoms with E-state index in [-0.39, 0.29) is 5.69 Å². The van der Waals surface area contributed by atoms with Crippen molar-refractivity contribution in [2.45, 2.75) is 6.92 Å². The lowest BCUT2D eigenvalue weighted by molar-refractivity contribution is -0.340. The highest BCUT2D eigenvalue weighted by Gasteiger charge is 2.23. The molecule has 1 saturated heterocycles. The molecule has 0 saturated carbocycles. The van der Waals surface area contributed by atoms with E-state index in [0.717, 1.165) is 29.9 Å². The van der Waals surface area contributed by atoms with Crippen LogP contribution >= 0.6 is 0 Å². The first-order valence-corrected chi connectivity index (χ1v) is 9.30. The first-order valence-electron chi connectivity index (χ1n) is 9.30. The summed E-state index contributed by atoms with van der Waals surface area (Å²) in [5.74, 6) is 0.929. The average Bonchev–Trinajstić information content (AvgIpc) is 3.37. The smallest absolute Gasteiger partial charge is 0.454 e. The molecular formula is C20H18N5O4+. The van der Waals surface area contributed by atoms with Gasteiger partial charge in [-0.3, -0.25) is 4.42 Å². The van der Waals surface area contributed by atoms with Crippen molar-refractivity contribution >= 4 is 34.7 Å². The van der Waals surface area contributed by atoms with Crippen LogP contribution < -0.4 is 4.90 Å². The first kappa shape index (κ1) is 17.5. The second-order valence-corrected chi connectivity index (χ2v) is 6.53. The Labute approximate surface area is 165 Å². The molecule has 9 heteroatoms. The molecule has 1 fully saturated rings. The fourth-order valence-electron chi connectivity index (χ4n) is 3.42. The number of morpholine rings is 1. The van der Waals surface area contributed by atoms with Gasteiger partial charge in [0, 0.05) is 26.2 Å². The number of imidazole rings is 1. The number of anilines is 1. The van der Waals surface area contributed by atoms with E-state index >= 15 is 0 Å². The van der Waals surface area contributed by atoms with Crippen LogP contribution in [0.25, 0.3) is 28.1 Å². The molecule has 0 spiro atoms. The number of rotatable bonds is 3. The predicted octanol–water partition coefficient (Wildman–Crippen LogP) is 2.27. The lowest BCUT2D eigenvalue weighted by atomic mass is 10.2. The van der Waals surface area contributed by atoms with Crippen LogP contribution in [0.15, 0.2) is 41.1 Å². The molecule has 0 bridgehead atoms. The van der Waals surface area contributed by atoms with E-state index in [1.54, 1.807) is 36.0 Å². The Hall–Kier alpha value is -3.59. The minimum atomic E-state index is -0.530. The summed E-state index contributed by atoms with van der Waals surface area (Å²) >= 11 is 0. The fraction of sp³-hybridized carbons (Fsp3) is 0.250. The number of ether oxygens (including phenoxy) is 1. The predicted molar refractivity (Wildman–Crippen MR) is 105 cm³/mol. The van der Waals surface area contributed by atoms with E-state index in [1.165, 1.54) is 6.29 Å².